The van der Waals surface area contributed by atoms with Crippen LogP contribution in [0.5, 0.6) is 5.75 Å². The zero-order valence-corrected chi connectivity index (χ0v) is 20.2. The zero-order valence-electron chi connectivity index (χ0n) is 20.2. The minimum Gasteiger partial charge on any atom is -0.507 e. The Hall–Kier alpha value is -3.90. The molecule has 1 saturated heterocycles. The molecule has 1 unspecified atom stereocenters. The van der Waals surface area contributed by atoms with E-state index in [2.05, 4.69) is 0 Å². The fraction of sp³-hybridized carbons (Fsp3) is 0.241. The third-order valence-electron chi connectivity index (χ3n) is 6.17. The minimum absolute atomic E-state index is 0.0813. The number of likely N-dealkylation sites (tertiary alicyclic amines) is 1. The number of nitrogens with zero attached hydrogens (tertiary/aromatic N) is 1. The number of aliphatic hydroxyl groups is 1. The van der Waals surface area contributed by atoms with Gasteiger partial charge in [0.05, 0.1) is 18.2 Å². The van der Waals surface area contributed by atoms with Gasteiger partial charge in [-0.05, 0) is 48.7 Å². The van der Waals surface area contributed by atoms with Crippen molar-refractivity contribution in [3.63, 3.8) is 0 Å². The van der Waals surface area contributed by atoms with E-state index in [1.807, 2.05) is 86.6 Å². The van der Waals surface area contributed by atoms with Crippen LogP contribution in [-0.2, 0) is 20.9 Å². The van der Waals surface area contributed by atoms with Crippen molar-refractivity contribution >= 4 is 17.4 Å². The van der Waals surface area contributed by atoms with E-state index < -0.39 is 17.7 Å². The lowest BCUT2D eigenvalue weighted by Gasteiger charge is -2.25. The van der Waals surface area contributed by atoms with Crippen LogP contribution in [0.3, 0.4) is 0 Å². The summed E-state index contributed by atoms with van der Waals surface area (Å²) in [5.74, 6) is -0.850. The maximum atomic E-state index is 13.1. The van der Waals surface area contributed by atoms with Gasteiger partial charge in [-0.2, -0.15) is 0 Å². The van der Waals surface area contributed by atoms with Gasteiger partial charge < -0.3 is 19.5 Å². The molecule has 1 amide bonds. The smallest absolute Gasteiger partial charge is 0.295 e. The van der Waals surface area contributed by atoms with Crippen molar-refractivity contribution in [1.29, 1.82) is 0 Å². The summed E-state index contributed by atoms with van der Waals surface area (Å²) < 4.78 is 11.1. The summed E-state index contributed by atoms with van der Waals surface area (Å²) in [5.41, 5.74) is 4.15. The molecule has 0 saturated carbocycles. The Labute approximate surface area is 205 Å². The highest BCUT2D eigenvalue weighted by molar-refractivity contribution is 6.46. The summed E-state index contributed by atoms with van der Waals surface area (Å²) in [4.78, 5) is 27.6. The summed E-state index contributed by atoms with van der Waals surface area (Å²) in [6.07, 6.45) is 0. The molecule has 6 heteroatoms. The quantitative estimate of drug-likeness (QED) is 0.286. The number of hydrogen-bond donors (Lipinski definition) is 1. The van der Waals surface area contributed by atoms with E-state index in [1.165, 1.54) is 4.90 Å². The van der Waals surface area contributed by atoms with E-state index in [0.717, 1.165) is 16.7 Å². The summed E-state index contributed by atoms with van der Waals surface area (Å²) in [6, 6.07) is 22.1. The molecule has 6 nitrogen and oxygen atoms in total. The van der Waals surface area contributed by atoms with E-state index in [-0.39, 0.29) is 24.5 Å². The highest BCUT2D eigenvalue weighted by atomic mass is 16.5. The first-order valence-electron chi connectivity index (χ1n) is 11.5. The number of Topliss-reactive ketones (excluding diaryl/α,β-unsaturated/α-hetero) is 1. The molecule has 0 spiro atoms. The summed E-state index contributed by atoms with van der Waals surface area (Å²) in [7, 11) is 1.54. The molecule has 1 aliphatic heterocycles. The Morgan fingerprint density at radius 2 is 1.69 bits per heavy atom. The van der Waals surface area contributed by atoms with Gasteiger partial charge in [0.25, 0.3) is 11.7 Å². The van der Waals surface area contributed by atoms with E-state index in [0.29, 0.717) is 23.5 Å². The van der Waals surface area contributed by atoms with Gasteiger partial charge in [0.2, 0.25) is 0 Å². The second kappa shape index (κ2) is 10.6. The van der Waals surface area contributed by atoms with Crippen LogP contribution in [0.4, 0.5) is 0 Å². The zero-order chi connectivity index (χ0) is 24.9. The van der Waals surface area contributed by atoms with Crippen LogP contribution in [-0.4, -0.2) is 42.0 Å². The van der Waals surface area contributed by atoms with Crippen LogP contribution in [0.25, 0.3) is 5.76 Å². The van der Waals surface area contributed by atoms with Crippen molar-refractivity contribution in [2.45, 2.75) is 26.5 Å². The van der Waals surface area contributed by atoms with Crippen molar-refractivity contribution < 1.29 is 24.2 Å². The SMILES string of the molecule is COCCN1C(=O)C(=O)C(=C(O)c2cc(C)ccc2C)C1c1ccc(OCc2ccccc2)cc1. The largest absolute Gasteiger partial charge is 0.507 e. The molecule has 0 aliphatic carbocycles. The highest BCUT2D eigenvalue weighted by Crippen LogP contribution is 2.40. The first-order chi connectivity index (χ1) is 16.9. The first kappa shape index (κ1) is 24.2. The first-order valence-corrected chi connectivity index (χ1v) is 11.5. The number of rotatable bonds is 8. The number of amides is 1. The maximum absolute atomic E-state index is 13.1. The molecule has 180 valence electrons. The van der Waals surface area contributed by atoms with Gasteiger partial charge in [0, 0.05) is 19.2 Å². The summed E-state index contributed by atoms with van der Waals surface area (Å²) in [5, 5.41) is 11.3. The third-order valence-corrected chi connectivity index (χ3v) is 6.17. The predicted octanol–water partition coefficient (Wildman–Crippen LogP) is 4.95. The lowest BCUT2D eigenvalue weighted by atomic mass is 9.93. The topological polar surface area (TPSA) is 76.1 Å². The second-order valence-electron chi connectivity index (χ2n) is 8.65. The molecule has 1 N–H and O–H groups in total. The third kappa shape index (κ3) is 5.12. The fourth-order valence-electron chi connectivity index (χ4n) is 4.27. The van der Waals surface area contributed by atoms with E-state index in [1.54, 1.807) is 7.11 Å². The normalized spacial score (nSPS) is 17.1. The fourth-order valence-corrected chi connectivity index (χ4v) is 4.27. The molecule has 1 fully saturated rings. The number of benzene rings is 3. The summed E-state index contributed by atoms with van der Waals surface area (Å²) >= 11 is 0. The number of ether oxygens (including phenoxy) is 2. The van der Waals surface area contributed by atoms with Gasteiger partial charge in [0.15, 0.2) is 0 Å². The molecular formula is C29H29NO5. The van der Waals surface area contributed by atoms with Crippen LogP contribution < -0.4 is 4.74 Å². The Bertz CT molecular complexity index is 1250. The second-order valence-corrected chi connectivity index (χ2v) is 8.65. The van der Waals surface area contributed by atoms with Gasteiger partial charge in [-0.3, -0.25) is 9.59 Å². The standard InChI is InChI=1S/C29H29NO5/c1-19-9-10-20(2)24(17-19)27(31)25-26(30(15-16-34-3)29(33)28(25)32)22-11-13-23(14-12-22)35-18-21-7-5-4-6-8-21/h4-14,17,26,31H,15-16,18H2,1-3H3. The number of ketones is 1. The molecule has 35 heavy (non-hydrogen) atoms. The van der Waals surface area contributed by atoms with Crippen LogP contribution in [0.1, 0.15) is 33.9 Å². The Balaban J connectivity index is 1.71. The van der Waals surface area contributed by atoms with E-state index in [9.17, 15) is 14.7 Å². The maximum Gasteiger partial charge on any atom is 0.295 e. The van der Waals surface area contributed by atoms with E-state index >= 15 is 0 Å². The van der Waals surface area contributed by atoms with Crippen molar-refractivity contribution in [1.82, 2.24) is 4.90 Å². The number of carbonyl (C=O) groups is 2. The van der Waals surface area contributed by atoms with Crippen molar-refractivity contribution in [2.24, 2.45) is 0 Å². The van der Waals surface area contributed by atoms with Gasteiger partial charge in [-0.15, -0.1) is 0 Å². The lowest BCUT2D eigenvalue weighted by Crippen LogP contribution is -2.32. The number of hydrogen-bond acceptors (Lipinski definition) is 5. The monoisotopic (exact) mass is 471 g/mol. The van der Waals surface area contributed by atoms with Crippen LogP contribution in [0.15, 0.2) is 78.4 Å². The van der Waals surface area contributed by atoms with Gasteiger partial charge in [-0.1, -0.05) is 60.2 Å². The summed E-state index contributed by atoms with van der Waals surface area (Å²) in [6.45, 7) is 4.70. The minimum atomic E-state index is -0.728. The van der Waals surface area contributed by atoms with Crippen LogP contribution >= 0.6 is 0 Å². The number of carbonyl (C=O) groups excluding carboxylic acids is 2. The number of methoxy groups -OCH3 is 1. The molecule has 3 aromatic rings. The molecule has 0 radical (unpaired) electrons. The molecule has 0 bridgehead atoms. The van der Waals surface area contributed by atoms with Crippen LogP contribution in [0.2, 0.25) is 0 Å². The van der Waals surface area contributed by atoms with Crippen molar-refractivity contribution in [2.75, 3.05) is 20.3 Å². The molecule has 3 aromatic carbocycles. The highest BCUT2D eigenvalue weighted by Gasteiger charge is 2.46. The van der Waals surface area contributed by atoms with Crippen molar-refractivity contribution in [3.05, 3.63) is 106 Å². The number of aliphatic hydroxyl groups excluding tert-OH is 1. The average molecular weight is 472 g/mol. The molecule has 1 atom stereocenters. The lowest BCUT2D eigenvalue weighted by molar-refractivity contribution is -0.140. The van der Waals surface area contributed by atoms with E-state index in [4.69, 9.17) is 9.47 Å². The molecule has 4 rings (SSSR count). The average Bonchev–Trinajstić information content (AvgIpc) is 3.13. The molecule has 1 aliphatic rings. The Morgan fingerprint density at radius 1 is 0.971 bits per heavy atom. The van der Waals surface area contributed by atoms with Gasteiger partial charge >= 0.3 is 0 Å². The van der Waals surface area contributed by atoms with Crippen LogP contribution in [0, 0.1) is 13.8 Å². The molecule has 1 heterocycles. The van der Waals surface area contributed by atoms with Gasteiger partial charge in [0.1, 0.15) is 18.1 Å². The predicted molar refractivity (Wildman–Crippen MR) is 134 cm³/mol. The van der Waals surface area contributed by atoms with Gasteiger partial charge in [-0.25, -0.2) is 0 Å². The molecule has 0 aromatic heterocycles. The van der Waals surface area contributed by atoms with Crippen molar-refractivity contribution in [3.8, 4) is 5.75 Å². The Morgan fingerprint density at radius 3 is 2.37 bits per heavy atom. The number of aryl methyl sites for hydroxylation is 2. The Kier molecular flexibility index (Phi) is 7.32. The molecular weight excluding hydrogens is 442 g/mol.